The van der Waals surface area contributed by atoms with Crippen molar-refractivity contribution in [3.8, 4) is 0 Å². The lowest BCUT2D eigenvalue weighted by Crippen LogP contribution is -2.49. The molecule has 3 nitrogen and oxygen atoms in total. The molecule has 1 aliphatic carbocycles. The number of aryl methyl sites for hydroxylation is 2. The lowest BCUT2D eigenvalue weighted by molar-refractivity contribution is 0.0580. The van der Waals surface area contributed by atoms with Crippen molar-refractivity contribution in [1.29, 1.82) is 0 Å². The molecule has 174 valence electrons. The molecule has 32 heavy (non-hydrogen) atoms. The minimum absolute atomic E-state index is 0.174. The Bertz CT molecular complexity index is 780. The minimum Gasteiger partial charge on any atom is -0.392 e. The molecule has 1 unspecified atom stereocenters. The molecule has 3 heteroatoms. The van der Waals surface area contributed by atoms with Gasteiger partial charge in [0.1, 0.15) is 0 Å². The van der Waals surface area contributed by atoms with Gasteiger partial charge < -0.3 is 5.11 Å². The SMILES string of the molecule is CCCCCCCCC(O)CN1CCN(C2c3ccccc3CCc3ccccc32)CC1. The topological polar surface area (TPSA) is 26.7 Å². The highest BCUT2D eigenvalue weighted by Gasteiger charge is 2.31. The average molecular weight is 435 g/mol. The van der Waals surface area contributed by atoms with Crippen molar-refractivity contribution in [2.45, 2.75) is 76.9 Å². The van der Waals surface area contributed by atoms with Crippen LogP contribution < -0.4 is 0 Å². The first-order valence-electron chi connectivity index (χ1n) is 13.1. The predicted molar refractivity (Wildman–Crippen MR) is 134 cm³/mol. The van der Waals surface area contributed by atoms with Crippen molar-refractivity contribution < 1.29 is 5.11 Å². The van der Waals surface area contributed by atoms with Crippen LogP contribution in [0.4, 0.5) is 0 Å². The van der Waals surface area contributed by atoms with Gasteiger partial charge in [-0.1, -0.05) is 94.0 Å². The summed E-state index contributed by atoms with van der Waals surface area (Å²) in [5, 5.41) is 10.6. The zero-order chi connectivity index (χ0) is 22.2. The standard InChI is InChI=1S/C29H42N2O/c1-2-3-4-5-6-7-14-26(32)23-30-19-21-31(22-20-30)29-27-15-10-8-12-24(27)17-18-25-13-9-11-16-28(25)29/h8-13,15-16,26,29,32H,2-7,14,17-23H2,1H3. The van der Waals surface area contributed by atoms with E-state index in [-0.39, 0.29) is 6.10 Å². The normalized spacial score (nSPS) is 18.7. The summed E-state index contributed by atoms with van der Waals surface area (Å²) < 4.78 is 0. The molecule has 1 heterocycles. The number of fused-ring (bicyclic) bond motifs is 2. The van der Waals surface area contributed by atoms with E-state index in [0.717, 1.165) is 52.0 Å². The number of hydrogen-bond donors (Lipinski definition) is 1. The van der Waals surface area contributed by atoms with Crippen LogP contribution in [0.1, 0.15) is 80.2 Å². The fraction of sp³-hybridized carbons (Fsp3) is 0.586. The minimum atomic E-state index is -0.174. The molecule has 0 bridgehead atoms. The summed E-state index contributed by atoms with van der Waals surface area (Å²) in [6.07, 6.45) is 10.8. The van der Waals surface area contributed by atoms with E-state index in [1.165, 1.54) is 60.8 Å². The molecule has 2 aromatic rings. The van der Waals surface area contributed by atoms with Gasteiger partial charge in [-0.25, -0.2) is 0 Å². The Morgan fingerprint density at radius 2 is 1.34 bits per heavy atom. The molecule has 4 rings (SSSR count). The van der Waals surface area contributed by atoms with Crippen LogP contribution in [0.15, 0.2) is 48.5 Å². The van der Waals surface area contributed by atoms with Gasteiger partial charge in [-0.3, -0.25) is 9.80 Å². The second-order valence-electron chi connectivity index (χ2n) is 9.85. The van der Waals surface area contributed by atoms with E-state index in [4.69, 9.17) is 0 Å². The number of piperazine rings is 1. The molecule has 0 spiro atoms. The van der Waals surface area contributed by atoms with Crippen LogP contribution in [-0.2, 0) is 12.8 Å². The molecule has 2 aliphatic rings. The van der Waals surface area contributed by atoms with E-state index < -0.39 is 0 Å². The smallest absolute Gasteiger partial charge is 0.0667 e. The van der Waals surface area contributed by atoms with E-state index in [9.17, 15) is 5.11 Å². The molecule has 1 saturated heterocycles. The van der Waals surface area contributed by atoms with Crippen LogP contribution in [0.25, 0.3) is 0 Å². The van der Waals surface area contributed by atoms with Gasteiger partial charge in [0.2, 0.25) is 0 Å². The Hall–Kier alpha value is -1.68. The zero-order valence-electron chi connectivity index (χ0n) is 20.0. The van der Waals surface area contributed by atoms with E-state index in [2.05, 4.69) is 65.3 Å². The Kier molecular flexibility index (Phi) is 8.78. The van der Waals surface area contributed by atoms with Gasteiger partial charge >= 0.3 is 0 Å². The molecule has 0 saturated carbocycles. The number of aliphatic hydroxyl groups excluding tert-OH is 1. The van der Waals surface area contributed by atoms with Crippen LogP contribution in [0.3, 0.4) is 0 Å². The van der Waals surface area contributed by atoms with Crippen molar-refractivity contribution in [3.05, 3.63) is 70.8 Å². The summed E-state index contributed by atoms with van der Waals surface area (Å²) >= 11 is 0. The molecular formula is C29H42N2O. The van der Waals surface area contributed by atoms with Crippen LogP contribution >= 0.6 is 0 Å². The molecule has 0 aromatic heterocycles. The van der Waals surface area contributed by atoms with Crippen molar-refractivity contribution in [2.24, 2.45) is 0 Å². The number of benzene rings is 2. The third-order valence-electron chi connectivity index (χ3n) is 7.49. The van der Waals surface area contributed by atoms with Gasteiger partial charge in [-0.05, 0) is 41.5 Å². The maximum absolute atomic E-state index is 10.6. The van der Waals surface area contributed by atoms with Crippen LogP contribution in [0, 0.1) is 0 Å². The molecular weight excluding hydrogens is 392 g/mol. The van der Waals surface area contributed by atoms with Crippen LogP contribution in [-0.4, -0.2) is 53.7 Å². The third kappa shape index (κ3) is 6.01. The Morgan fingerprint density at radius 1 is 0.781 bits per heavy atom. The number of rotatable bonds is 10. The van der Waals surface area contributed by atoms with Crippen molar-refractivity contribution in [2.75, 3.05) is 32.7 Å². The number of nitrogens with zero attached hydrogens (tertiary/aromatic N) is 2. The molecule has 0 amide bonds. The zero-order valence-corrected chi connectivity index (χ0v) is 20.0. The maximum atomic E-state index is 10.6. The van der Waals surface area contributed by atoms with Crippen molar-refractivity contribution >= 4 is 0 Å². The molecule has 0 radical (unpaired) electrons. The lowest BCUT2D eigenvalue weighted by atomic mass is 9.92. The van der Waals surface area contributed by atoms with Gasteiger partial charge in [0, 0.05) is 32.7 Å². The lowest BCUT2D eigenvalue weighted by Gasteiger charge is -2.40. The number of aliphatic hydroxyl groups is 1. The monoisotopic (exact) mass is 434 g/mol. The average Bonchev–Trinajstić information content (AvgIpc) is 2.99. The first kappa shape index (κ1) is 23.5. The Labute approximate surface area is 195 Å². The van der Waals surface area contributed by atoms with Gasteiger partial charge in [-0.2, -0.15) is 0 Å². The molecule has 2 aromatic carbocycles. The van der Waals surface area contributed by atoms with Gasteiger partial charge in [0.25, 0.3) is 0 Å². The highest BCUT2D eigenvalue weighted by Crippen LogP contribution is 2.37. The van der Waals surface area contributed by atoms with Crippen LogP contribution in [0.2, 0.25) is 0 Å². The summed E-state index contributed by atoms with van der Waals surface area (Å²) in [7, 11) is 0. The largest absolute Gasteiger partial charge is 0.392 e. The second kappa shape index (κ2) is 12.0. The first-order valence-corrected chi connectivity index (χ1v) is 13.1. The fourth-order valence-electron chi connectivity index (χ4n) is 5.64. The van der Waals surface area contributed by atoms with Crippen molar-refractivity contribution in [3.63, 3.8) is 0 Å². The third-order valence-corrected chi connectivity index (χ3v) is 7.49. The van der Waals surface area contributed by atoms with Gasteiger partial charge in [0.15, 0.2) is 0 Å². The molecule has 1 N–H and O–H groups in total. The number of β-amino-alcohol motifs (C(OH)–C–C–N with tert-alkyl or cyclic N) is 1. The quantitative estimate of drug-likeness (QED) is 0.493. The Morgan fingerprint density at radius 3 is 1.97 bits per heavy atom. The second-order valence-corrected chi connectivity index (χ2v) is 9.85. The maximum Gasteiger partial charge on any atom is 0.0667 e. The highest BCUT2D eigenvalue weighted by molar-refractivity contribution is 5.44. The highest BCUT2D eigenvalue weighted by atomic mass is 16.3. The molecule has 1 atom stereocenters. The van der Waals surface area contributed by atoms with E-state index in [1.54, 1.807) is 0 Å². The van der Waals surface area contributed by atoms with E-state index in [1.807, 2.05) is 0 Å². The van der Waals surface area contributed by atoms with E-state index >= 15 is 0 Å². The van der Waals surface area contributed by atoms with Gasteiger partial charge in [-0.15, -0.1) is 0 Å². The van der Waals surface area contributed by atoms with Gasteiger partial charge in [0.05, 0.1) is 12.1 Å². The fourth-order valence-corrected chi connectivity index (χ4v) is 5.64. The first-order chi connectivity index (χ1) is 15.8. The summed E-state index contributed by atoms with van der Waals surface area (Å²) in [5.74, 6) is 0. The van der Waals surface area contributed by atoms with E-state index in [0.29, 0.717) is 6.04 Å². The summed E-state index contributed by atoms with van der Waals surface area (Å²) in [6.45, 7) is 7.33. The summed E-state index contributed by atoms with van der Waals surface area (Å²) in [5.41, 5.74) is 6.00. The predicted octanol–water partition coefficient (Wildman–Crippen LogP) is 5.60. The summed E-state index contributed by atoms with van der Waals surface area (Å²) in [6, 6.07) is 18.5. The van der Waals surface area contributed by atoms with Crippen molar-refractivity contribution in [1.82, 2.24) is 9.80 Å². The number of unbranched alkanes of at least 4 members (excludes halogenated alkanes) is 5. The molecule has 1 aliphatic heterocycles. The number of hydrogen-bond acceptors (Lipinski definition) is 3. The van der Waals surface area contributed by atoms with Crippen LogP contribution in [0.5, 0.6) is 0 Å². The Balaban J connectivity index is 1.33. The molecule has 1 fully saturated rings. The summed E-state index contributed by atoms with van der Waals surface area (Å²) in [4.78, 5) is 5.16.